The molecule has 0 aromatic heterocycles. The van der Waals surface area contributed by atoms with Crippen LogP contribution in [0.15, 0.2) is 77.7 Å². The van der Waals surface area contributed by atoms with Crippen LogP contribution in [0, 0.1) is 6.92 Å². The number of sulfonamides is 1. The second-order valence-electron chi connectivity index (χ2n) is 4.86. The third kappa shape index (κ3) is 4.98. The van der Waals surface area contributed by atoms with Crippen molar-refractivity contribution in [3.05, 3.63) is 84.0 Å². The van der Waals surface area contributed by atoms with Gasteiger partial charge in [-0.25, -0.2) is 13.1 Å². The lowest BCUT2D eigenvalue weighted by atomic mass is 10.2. The molecule has 0 heterocycles. The summed E-state index contributed by atoms with van der Waals surface area (Å²) < 4.78 is 26.6. The van der Waals surface area contributed by atoms with Gasteiger partial charge in [0.05, 0.1) is 4.90 Å². The number of rotatable bonds is 6. The van der Waals surface area contributed by atoms with Gasteiger partial charge in [0.2, 0.25) is 10.0 Å². The van der Waals surface area contributed by atoms with Gasteiger partial charge in [-0.2, -0.15) is 0 Å². The van der Waals surface area contributed by atoms with Crippen LogP contribution in [-0.4, -0.2) is 15.0 Å². The number of hydrogen-bond donors (Lipinski definition) is 1. The molecule has 0 atom stereocenters. The first-order valence-corrected chi connectivity index (χ1v) is 8.51. The van der Waals surface area contributed by atoms with Gasteiger partial charge in [0.15, 0.2) is 0 Å². The summed E-state index contributed by atoms with van der Waals surface area (Å²) >= 11 is 0. The van der Waals surface area contributed by atoms with E-state index in [1.807, 2.05) is 55.5 Å². The molecule has 2 aromatic carbocycles. The van der Waals surface area contributed by atoms with Crippen molar-refractivity contribution in [1.82, 2.24) is 4.72 Å². The van der Waals surface area contributed by atoms with Gasteiger partial charge in [0.25, 0.3) is 0 Å². The van der Waals surface area contributed by atoms with Crippen molar-refractivity contribution >= 4 is 16.1 Å². The normalized spacial score (nSPS) is 12.2. The summed E-state index contributed by atoms with van der Waals surface area (Å²) in [4.78, 5) is 0.284. The summed E-state index contributed by atoms with van der Waals surface area (Å²) in [7, 11) is -3.44. The quantitative estimate of drug-likeness (QED) is 0.829. The van der Waals surface area contributed by atoms with Crippen LogP contribution in [-0.2, 0) is 10.0 Å². The molecule has 0 bridgehead atoms. The maximum absolute atomic E-state index is 12.0. The maximum Gasteiger partial charge on any atom is 0.240 e. The molecule has 2 rings (SSSR count). The zero-order valence-electron chi connectivity index (χ0n) is 12.4. The predicted molar refractivity (Wildman–Crippen MR) is 91.0 cm³/mol. The summed E-state index contributed by atoms with van der Waals surface area (Å²) in [5.74, 6) is 0. The minimum absolute atomic E-state index is 0.259. The van der Waals surface area contributed by atoms with Gasteiger partial charge >= 0.3 is 0 Å². The Bertz CT molecular complexity index is 745. The predicted octanol–water partition coefficient (Wildman–Crippen LogP) is 3.54. The third-order valence-corrected chi connectivity index (χ3v) is 4.50. The molecule has 0 saturated heterocycles. The van der Waals surface area contributed by atoms with Gasteiger partial charge in [0.1, 0.15) is 0 Å². The SMILES string of the molecule is Cc1ccc(S(=O)(=O)NC/C=C/C=C\c2ccccc2)cc1. The zero-order chi connectivity index (χ0) is 15.8. The van der Waals surface area contributed by atoms with Gasteiger partial charge < -0.3 is 0 Å². The molecule has 0 aliphatic heterocycles. The van der Waals surface area contributed by atoms with Gasteiger partial charge in [-0.1, -0.05) is 72.3 Å². The van der Waals surface area contributed by atoms with Crippen LogP contribution in [0.3, 0.4) is 0 Å². The van der Waals surface area contributed by atoms with Crippen molar-refractivity contribution in [3.8, 4) is 0 Å². The molecule has 4 heteroatoms. The van der Waals surface area contributed by atoms with E-state index in [9.17, 15) is 8.42 Å². The largest absolute Gasteiger partial charge is 0.240 e. The number of hydrogen-bond acceptors (Lipinski definition) is 2. The van der Waals surface area contributed by atoms with Crippen molar-refractivity contribution in [2.45, 2.75) is 11.8 Å². The van der Waals surface area contributed by atoms with E-state index < -0.39 is 10.0 Å². The summed E-state index contributed by atoms with van der Waals surface area (Å²) in [5, 5.41) is 0. The molecule has 0 aliphatic rings. The first-order valence-electron chi connectivity index (χ1n) is 7.02. The molecule has 22 heavy (non-hydrogen) atoms. The van der Waals surface area contributed by atoms with Gasteiger partial charge in [-0.05, 0) is 24.6 Å². The number of benzene rings is 2. The van der Waals surface area contributed by atoms with E-state index in [1.165, 1.54) is 0 Å². The molecule has 114 valence electrons. The molecule has 0 fully saturated rings. The molecular formula is C18H19NO2S. The van der Waals surface area contributed by atoms with Crippen LogP contribution in [0.4, 0.5) is 0 Å². The van der Waals surface area contributed by atoms with E-state index in [0.29, 0.717) is 0 Å². The lowest BCUT2D eigenvalue weighted by Gasteiger charge is -2.04. The highest BCUT2D eigenvalue weighted by molar-refractivity contribution is 7.89. The molecule has 0 saturated carbocycles. The van der Waals surface area contributed by atoms with E-state index in [0.717, 1.165) is 11.1 Å². The summed E-state index contributed by atoms with van der Waals surface area (Å²) in [6.07, 6.45) is 7.44. The lowest BCUT2D eigenvalue weighted by Crippen LogP contribution is -2.23. The molecular weight excluding hydrogens is 294 g/mol. The fraction of sp³-hybridized carbons (Fsp3) is 0.111. The van der Waals surface area contributed by atoms with E-state index >= 15 is 0 Å². The number of allylic oxidation sites excluding steroid dienone is 2. The Morgan fingerprint density at radius 3 is 2.32 bits per heavy atom. The Labute approximate surface area is 132 Å². The highest BCUT2D eigenvalue weighted by atomic mass is 32.2. The maximum atomic E-state index is 12.0. The Morgan fingerprint density at radius 2 is 1.64 bits per heavy atom. The average Bonchev–Trinajstić information content (AvgIpc) is 2.52. The van der Waals surface area contributed by atoms with Crippen LogP contribution < -0.4 is 4.72 Å². The number of aryl methyl sites for hydroxylation is 1. The van der Waals surface area contributed by atoms with Gasteiger partial charge in [-0.15, -0.1) is 0 Å². The van der Waals surface area contributed by atoms with Crippen LogP contribution in [0.1, 0.15) is 11.1 Å². The van der Waals surface area contributed by atoms with Gasteiger partial charge in [-0.3, -0.25) is 0 Å². The third-order valence-electron chi connectivity index (χ3n) is 3.06. The molecule has 3 nitrogen and oxygen atoms in total. The Morgan fingerprint density at radius 1 is 0.955 bits per heavy atom. The van der Waals surface area contributed by atoms with Crippen LogP contribution in [0.25, 0.3) is 6.08 Å². The van der Waals surface area contributed by atoms with E-state index in [2.05, 4.69) is 4.72 Å². The summed E-state index contributed by atoms with van der Waals surface area (Å²) in [6, 6.07) is 16.7. The van der Waals surface area contributed by atoms with Crippen molar-refractivity contribution in [2.24, 2.45) is 0 Å². The summed E-state index contributed by atoms with van der Waals surface area (Å²) in [5.41, 5.74) is 2.14. The second-order valence-corrected chi connectivity index (χ2v) is 6.63. The fourth-order valence-corrected chi connectivity index (χ4v) is 2.81. The van der Waals surface area contributed by atoms with Crippen LogP contribution in [0.2, 0.25) is 0 Å². The Kier molecular flexibility index (Phi) is 5.69. The first kappa shape index (κ1) is 16.2. The molecule has 0 spiro atoms. The van der Waals surface area contributed by atoms with Gasteiger partial charge in [0, 0.05) is 6.54 Å². The van der Waals surface area contributed by atoms with E-state index in [4.69, 9.17) is 0 Å². The Balaban J connectivity index is 1.86. The minimum Gasteiger partial charge on any atom is -0.207 e. The molecule has 0 unspecified atom stereocenters. The van der Waals surface area contributed by atoms with E-state index in [-0.39, 0.29) is 11.4 Å². The lowest BCUT2D eigenvalue weighted by molar-refractivity contribution is 0.585. The topological polar surface area (TPSA) is 46.2 Å². The molecule has 1 N–H and O–H groups in total. The highest BCUT2D eigenvalue weighted by Gasteiger charge is 2.11. The molecule has 0 amide bonds. The second kappa shape index (κ2) is 7.73. The number of nitrogens with one attached hydrogen (secondary N) is 1. The average molecular weight is 313 g/mol. The van der Waals surface area contributed by atoms with Crippen molar-refractivity contribution < 1.29 is 8.42 Å². The van der Waals surface area contributed by atoms with Crippen LogP contribution in [0.5, 0.6) is 0 Å². The van der Waals surface area contributed by atoms with Crippen molar-refractivity contribution in [1.29, 1.82) is 0 Å². The molecule has 0 radical (unpaired) electrons. The monoisotopic (exact) mass is 313 g/mol. The van der Waals surface area contributed by atoms with Crippen LogP contribution >= 0.6 is 0 Å². The minimum atomic E-state index is -3.44. The van der Waals surface area contributed by atoms with Crippen molar-refractivity contribution in [3.63, 3.8) is 0 Å². The highest BCUT2D eigenvalue weighted by Crippen LogP contribution is 2.09. The summed E-state index contributed by atoms with van der Waals surface area (Å²) in [6.45, 7) is 2.18. The standard InChI is InChI=1S/C18H19NO2S/c1-16-11-13-18(14-12-16)22(20,21)19-15-7-3-6-10-17-8-4-2-5-9-17/h2-14,19H,15H2,1H3/b7-3+,10-6-. The van der Waals surface area contributed by atoms with E-state index in [1.54, 1.807) is 30.3 Å². The Hall–Kier alpha value is -2.17. The molecule has 2 aromatic rings. The van der Waals surface area contributed by atoms with Crippen molar-refractivity contribution in [2.75, 3.05) is 6.54 Å². The molecule has 0 aliphatic carbocycles. The smallest absolute Gasteiger partial charge is 0.207 e. The first-order chi connectivity index (χ1) is 10.6. The fourth-order valence-electron chi connectivity index (χ4n) is 1.84. The zero-order valence-corrected chi connectivity index (χ0v) is 13.3.